The minimum absolute atomic E-state index is 0.0171. The standard InChI is InChI=1S/C25H34FNO4Si.C9H10O2/c1-24(2,3)32(4,5)31-17-25(23(28)29)15-14-22(27-25)18-10-12-20(13-11-18)30-16-19-8-6-7-9-21(19)26;1-8(10)11-7-9-5-3-2-4-6-9/h6-13,22,27H,14-17H2,1-5H3,(H,28,29);2-6H,7H2,1H3/t22-,25-;/m1./s1. The predicted molar refractivity (Wildman–Crippen MR) is 168 cm³/mol. The topological polar surface area (TPSA) is 94.1 Å². The molecule has 2 atom stereocenters. The van der Waals surface area contributed by atoms with E-state index in [0.717, 1.165) is 11.1 Å². The first-order valence-corrected chi connectivity index (χ1v) is 17.4. The van der Waals surface area contributed by atoms with Crippen LogP contribution in [0.4, 0.5) is 4.39 Å². The summed E-state index contributed by atoms with van der Waals surface area (Å²) >= 11 is 0. The number of benzene rings is 3. The normalized spacial score (nSPS) is 18.3. The zero-order valence-electron chi connectivity index (χ0n) is 26.0. The third-order valence-corrected chi connectivity index (χ3v) is 12.6. The number of nitrogens with one attached hydrogen (secondary N) is 1. The van der Waals surface area contributed by atoms with Crippen LogP contribution in [0.25, 0.3) is 0 Å². The van der Waals surface area contributed by atoms with Crippen LogP contribution in [0.15, 0.2) is 78.9 Å². The first-order valence-electron chi connectivity index (χ1n) is 14.5. The lowest BCUT2D eigenvalue weighted by Crippen LogP contribution is -2.55. The number of hydrogen-bond acceptors (Lipinski definition) is 6. The number of carboxylic acid groups (broad SMARTS) is 1. The summed E-state index contributed by atoms with van der Waals surface area (Å²) in [5.74, 6) is -0.762. The highest BCUT2D eigenvalue weighted by Gasteiger charge is 2.48. The molecular formula is C34H44FNO6Si. The molecule has 3 aromatic rings. The SMILES string of the molecule is CC(=O)OCc1ccccc1.CC(C)(C)[Si](C)(C)OC[C@@]1(C(=O)O)CC[C@H](c2ccc(OCc3ccccc3F)cc2)N1. The molecule has 1 fully saturated rings. The molecule has 232 valence electrons. The summed E-state index contributed by atoms with van der Waals surface area (Å²) in [6, 6.07) is 23.6. The minimum atomic E-state index is -2.06. The predicted octanol–water partition coefficient (Wildman–Crippen LogP) is 7.42. The Morgan fingerprint density at radius 3 is 2.19 bits per heavy atom. The highest BCUT2D eigenvalue weighted by atomic mass is 28.4. The number of rotatable bonds is 10. The van der Waals surface area contributed by atoms with Crippen molar-refractivity contribution in [2.45, 2.75) is 83.5 Å². The molecule has 0 aliphatic carbocycles. The van der Waals surface area contributed by atoms with Crippen molar-refractivity contribution in [3.63, 3.8) is 0 Å². The van der Waals surface area contributed by atoms with E-state index in [1.807, 2.05) is 54.6 Å². The van der Waals surface area contributed by atoms with E-state index in [9.17, 15) is 19.1 Å². The zero-order valence-corrected chi connectivity index (χ0v) is 27.0. The largest absolute Gasteiger partial charge is 0.489 e. The van der Waals surface area contributed by atoms with Gasteiger partial charge in [0, 0.05) is 18.5 Å². The third kappa shape index (κ3) is 9.74. The molecule has 7 nitrogen and oxygen atoms in total. The number of esters is 1. The van der Waals surface area contributed by atoms with E-state index >= 15 is 0 Å². The molecule has 2 N–H and O–H groups in total. The lowest BCUT2D eigenvalue weighted by atomic mass is 9.99. The molecule has 0 spiro atoms. The number of carboxylic acids is 1. The lowest BCUT2D eigenvalue weighted by Gasteiger charge is -2.39. The molecular weight excluding hydrogens is 565 g/mol. The Hall–Kier alpha value is -3.53. The van der Waals surface area contributed by atoms with E-state index in [1.54, 1.807) is 18.2 Å². The highest BCUT2D eigenvalue weighted by Crippen LogP contribution is 2.39. The fourth-order valence-electron chi connectivity index (χ4n) is 4.32. The number of carbonyl (C=O) groups is 2. The summed E-state index contributed by atoms with van der Waals surface area (Å²) < 4.78 is 30.5. The summed E-state index contributed by atoms with van der Waals surface area (Å²) in [4.78, 5) is 22.6. The molecule has 43 heavy (non-hydrogen) atoms. The molecule has 0 bridgehead atoms. The zero-order chi connectivity index (χ0) is 31.7. The quantitative estimate of drug-likeness (QED) is 0.182. The summed E-state index contributed by atoms with van der Waals surface area (Å²) in [6.07, 6.45) is 1.22. The van der Waals surface area contributed by atoms with Crippen LogP contribution in [0.1, 0.15) is 63.3 Å². The molecule has 9 heteroatoms. The van der Waals surface area contributed by atoms with Crippen molar-refractivity contribution in [1.29, 1.82) is 0 Å². The van der Waals surface area contributed by atoms with Crippen LogP contribution in [0.5, 0.6) is 5.75 Å². The number of hydrogen-bond donors (Lipinski definition) is 2. The summed E-state index contributed by atoms with van der Waals surface area (Å²) in [5.41, 5.74) is 1.43. The lowest BCUT2D eigenvalue weighted by molar-refractivity contribution is -0.146. The summed E-state index contributed by atoms with van der Waals surface area (Å²) in [7, 11) is -2.06. The molecule has 1 heterocycles. The van der Waals surface area contributed by atoms with Gasteiger partial charge in [0.05, 0.1) is 6.61 Å². The van der Waals surface area contributed by atoms with Crippen LogP contribution in [-0.2, 0) is 32.0 Å². The van der Waals surface area contributed by atoms with E-state index in [0.29, 0.717) is 30.8 Å². The van der Waals surface area contributed by atoms with E-state index in [4.69, 9.17) is 13.9 Å². The van der Waals surface area contributed by atoms with Crippen LogP contribution < -0.4 is 10.1 Å². The third-order valence-electron chi connectivity index (χ3n) is 8.12. The second-order valence-corrected chi connectivity index (χ2v) is 17.2. The van der Waals surface area contributed by atoms with E-state index in [1.165, 1.54) is 13.0 Å². The first-order chi connectivity index (χ1) is 20.2. The van der Waals surface area contributed by atoms with E-state index < -0.39 is 19.8 Å². The molecule has 0 aromatic heterocycles. The number of ether oxygens (including phenoxy) is 2. The van der Waals surface area contributed by atoms with Crippen LogP contribution in [-0.4, -0.2) is 37.5 Å². The van der Waals surface area contributed by atoms with Crippen LogP contribution >= 0.6 is 0 Å². The number of halogens is 1. The van der Waals surface area contributed by atoms with Gasteiger partial charge in [0.15, 0.2) is 8.32 Å². The average Bonchev–Trinajstić information content (AvgIpc) is 3.41. The summed E-state index contributed by atoms with van der Waals surface area (Å²) in [6.45, 7) is 12.8. The first kappa shape index (κ1) is 34.0. The molecule has 3 aromatic carbocycles. The van der Waals surface area contributed by atoms with E-state index in [-0.39, 0.29) is 36.1 Å². The molecule has 1 aliphatic heterocycles. The van der Waals surface area contributed by atoms with Crippen molar-refractivity contribution in [2.75, 3.05) is 6.61 Å². The fourth-order valence-corrected chi connectivity index (χ4v) is 5.36. The second kappa shape index (κ2) is 14.8. The smallest absolute Gasteiger partial charge is 0.326 e. The van der Waals surface area contributed by atoms with Gasteiger partial charge in [-0.3, -0.25) is 14.9 Å². The van der Waals surface area contributed by atoms with Gasteiger partial charge in [0.25, 0.3) is 0 Å². The van der Waals surface area contributed by atoms with Gasteiger partial charge in [-0.15, -0.1) is 0 Å². The Morgan fingerprint density at radius 1 is 0.977 bits per heavy atom. The van der Waals surface area contributed by atoms with Crippen molar-refractivity contribution in [2.24, 2.45) is 0 Å². The average molecular weight is 610 g/mol. The Labute approximate surface area is 255 Å². The Balaban J connectivity index is 0.000000386. The van der Waals surface area contributed by atoms with Crippen molar-refractivity contribution in [3.8, 4) is 5.75 Å². The Morgan fingerprint density at radius 2 is 1.60 bits per heavy atom. The monoisotopic (exact) mass is 609 g/mol. The van der Waals surface area contributed by atoms with Gasteiger partial charge in [-0.1, -0.05) is 81.4 Å². The molecule has 0 unspecified atom stereocenters. The van der Waals surface area contributed by atoms with Gasteiger partial charge in [-0.25, -0.2) is 4.39 Å². The van der Waals surface area contributed by atoms with Gasteiger partial charge in [-0.2, -0.15) is 0 Å². The van der Waals surface area contributed by atoms with Crippen LogP contribution in [0, 0.1) is 5.82 Å². The minimum Gasteiger partial charge on any atom is -0.489 e. The van der Waals surface area contributed by atoms with Crippen molar-refractivity contribution < 1.29 is 33.0 Å². The van der Waals surface area contributed by atoms with Crippen molar-refractivity contribution >= 4 is 20.3 Å². The molecule has 0 amide bonds. The van der Waals surface area contributed by atoms with Gasteiger partial charge in [0.2, 0.25) is 0 Å². The molecule has 1 saturated heterocycles. The van der Waals surface area contributed by atoms with Crippen molar-refractivity contribution in [3.05, 3.63) is 101 Å². The Kier molecular flexibility index (Phi) is 11.7. The van der Waals surface area contributed by atoms with Gasteiger partial charge in [0.1, 0.15) is 30.3 Å². The maximum atomic E-state index is 13.8. The number of carbonyl (C=O) groups excluding carboxylic acids is 1. The maximum absolute atomic E-state index is 13.8. The van der Waals surface area contributed by atoms with Gasteiger partial charge >= 0.3 is 11.9 Å². The number of aliphatic carboxylic acids is 1. The molecule has 0 saturated carbocycles. The van der Waals surface area contributed by atoms with Crippen LogP contribution in [0.3, 0.4) is 0 Å². The Bertz CT molecular complexity index is 1340. The molecule has 1 aliphatic rings. The van der Waals surface area contributed by atoms with E-state index in [2.05, 4.69) is 39.2 Å². The second-order valence-electron chi connectivity index (χ2n) is 12.4. The fraction of sp³-hybridized carbons (Fsp3) is 0.412. The molecule has 4 rings (SSSR count). The van der Waals surface area contributed by atoms with Crippen LogP contribution in [0.2, 0.25) is 18.1 Å². The molecule has 0 radical (unpaired) electrons. The van der Waals surface area contributed by atoms with Crippen molar-refractivity contribution in [1.82, 2.24) is 5.32 Å². The van der Waals surface area contributed by atoms with Gasteiger partial charge < -0.3 is 19.0 Å². The maximum Gasteiger partial charge on any atom is 0.326 e. The summed E-state index contributed by atoms with van der Waals surface area (Å²) in [5, 5.41) is 13.3. The van der Waals surface area contributed by atoms with Gasteiger partial charge in [-0.05, 0) is 60.3 Å². The highest BCUT2D eigenvalue weighted by molar-refractivity contribution is 6.74.